The number of hydrogen-bond donors (Lipinski definition) is 1. The SMILES string of the molecule is CS(=O)(=O)NC1CCCN(C(=O)C2CC2c2ccccc2-c2ccc(F)cc2)CC1. The summed E-state index contributed by atoms with van der Waals surface area (Å²) in [7, 11) is -3.24. The molecule has 7 heteroatoms. The van der Waals surface area contributed by atoms with Gasteiger partial charge in [-0.25, -0.2) is 17.5 Å². The van der Waals surface area contributed by atoms with Crippen molar-refractivity contribution in [1.82, 2.24) is 9.62 Å². The Morgan fingerprint density at radius 3 is 2.53 bits per heavy atom. The standard InChI is InChI=1S/C23H27FN2O3S/c1-30(28,29)25-18-5-4-13-26(14-12-18)23(27)22-15-21(22)20-7-3-2-6-19(20)16-8-10-17(24)11-9-16/h2-3,6-11,18,21-22,25H,4-5,12-15H2,1H3. The number of sulfonamides is 1. The van der Waals surface area contributed by atoms with Crippen LogP contribution < -0.4 is 4.72 Å². The van der Waals surface area contributed by atoms with E-state index in [4.69, 9.17) is 0 Å². The first kappa shape index (κ1) is 21.0. The first-order valence-electron chi connectivity index (χ1n) is 10.4. The van der Waals surface area contributed by atoms with Crippen molar-refractivity contribution in [1.29, 1.82) is 0 Å². The molecule has 1 saturated heterocycles. The quantitative estimate of drug-likeness (QED) is 0.789. The minimum Gasteiger partial charge on any atom is -0.342 e. The summed E-state index contributed by atoms with van der Waals surface area (Å²) in [5.74, 6) is 0.0346. The molecule has 0 bridgehead atoms. The van der Waals surface area contributed by atoms with Crippen molar-refractivity contribution in [3.8, 4) is 11.1 Å². The first-order valence-corrected chi connectivity index (χ1v) is 12.3. The number of nitrogens with zero attached hydrogens (tertiary/aromatic N) is 1. The summed E-state index contributed by atoms with van der Waals surface area (Å²) in [5, 5.41) is 0. The lowest BCUT2D eigenvalue weighted by Gasteiger charge is -2.21. The van der Waals surface area contributed by atoms with Crippen molar-refractivity contribution in [3.63, 3.8) is 0 Å². The van der Waals surface area contributed by atoms with Crippen molar-refractivity contribution >= 4 is 15.9 Å². The number of nitrogens with one attached hydrogen (secondary N) is 1. The van der Waals surface area contributed by atoms with Crippen molar-refractivity contribution in [2.45, 2.75) is 37.6 Å². The number of carbonyl (C=O) groups excluding carboxylic acids is 1. The van der Waals surface area contributed by atoms with Gasteiger partial charge in [0.2, 0.25) is 15.9 Å². The van der Waals surface area contributed by atoms with Crippen LogP contribution in [0.1, 0.15) is 37.2 Å². The van der Waals surface area contributed by atoms with E-state index in [9.17, 15) is 17.6 Å². The fraction of sp³-hybridized carbons (Fsp3) is 0.435. The van der Waals surface area contributed by atoms with Crippen LogP contribution in [0.3, 0.4) is 0 Å². The van der Waals surface area contributed by atoms with E-state index in [0.29, 0.717) is 19.5 Å². The Balaban J connectivity index is 1.44. The fourth-order valence-electron chi connectivity index (χ4n) is 4.50. The van der Waals surface area contributed by atoms with Gasteiger partial charge in [0.05, 0.1) is 6.26 Å². The molecule has 2 aromatic carbocycles. The third-order valence-corrected chi connectivity index (χ3v) is 6.81. The predicted octanol–water partition coefficient (Wildman–Crippen LogP) is 3.53. The molecule has 2 fully saturated rings. The van der Waals surface area contributed by atoms with Crippen molar-refractivity contribution in [3.05, 3.63) is 59.9 Å². The molecule has 1 aliphatic carbocycles. The summed E-state index contributed by atoms with van der Waals surface area (Å²) in [6.45, 7) is 1.25. The van der Waals surface area contributed by atoms with Gasteiger partial charge in [-0.15, -0.1) is 0 Å². The summed E-state index contributed by atoms with van der Waals surface area (Å²) in [5.41, 5.74) is 3.13. The van der Waals surface area contributed by atoms with Crippen LogP contribution in [0.25, 0.3) is 11.1 Å². The lowest BCUT2D eigenvalue weighted by molar-refractivity contribution is -0.132. The molecule has 2 aliphatic rings. The van der Waals surface area contributed by atoms with E-state index >= 15 is 0 Å². The van der Waals surface area contributed by atoms with Gasteiger partial charge in [-0.1, -0.05) is 36.4 Å². The second-order valence-electron chi connectivity index (χ2n) is 8.39. The Kier molecular flexibility index (Phi) is 5.93. The minimum atomic E-state index is -3.24. The zero-order chi connectivity index (χ0) is 21.3. The number of benzene rings is 2. The lowest BCUT2D eigenvalue weighted by Crippen LogP contribution is -2.36. The fourth-order valence-corrected chi connectivity index (χ4v) is 5.34. The van der Waals surface area contributed by atoms with Gasteiger partial charge < -0.3 is 4.90 Å². The minimum absolute atomic E-state index is 0.0361. The van der Waals surface area contributed by atoms with E-state index in [0.717, 1.165) is 36.0 Å². The van der Waals surface area contributed by atoms with E-state index in [-0.39, 0.29) is 29.6 Å². The molecular formula is C23H27FN2O3S. The lowest BCUT2D eigenvalue weighted by atomic mass is 9.96. The largest absolute Gasteiger partial charge is 0.342 e. The maximum Gasteiger partial charge on any atom is 0.226 e. The van der Waals surface area contributed by atoms with Gasteiger partial charge in [-0.3, -0.25) is 4.79 Å². The highest BCUT2D eigenvalue weighted by atomic mass is 32.2. The molecule has 1 aliphatic heterocycles. The number of carbonyl (C=O) groups is 1. The summed E-state index contributed by atoms with van der Waals surface area (Å²) < 4.78 is 39.0. The zero-order valence-corrected chi connectivity index (χ0v) is 17.9. The van der Waals surface area contributed by atoms with Crippen LogP contribution in [0.5, 0.6) is 0 Å². The third kappa shape index (κ3) is 4.90. The molecule has 30 heavy (non-hydrogen) atoms. The highest BCUT2D eigenvalue weighted by molar-refractivity contribution is 7.88. The zero-order valence-electron chi connectivity index (χ0n) is 17.1. The van der Waals surface area contributed by atoms with Crippen molar-refractivity contribution in [2.75, 3.05) is 19.3 Å². The second-order valence-corrected chi connectivity index (χ2v) is 10.2. The van der Waals surface area contributed by atoms with Gasteiger partial charge in [0.1, 0.15) is 5.82 Å². The number of likely N-dealkylation sites (tertiary alicyclic amines) is 1. The van der Waals surface area contributed by atoms with E-state index in [1.165, 1.54) is 18.4 Å². The molecular weight excluding hydrogens is 403 g/mol. The number of rotatable bonds is 5. The summed E-state index contributed by atoms with van der Waals surface area (Å²) in [4.78, 5) is 15.0. The molecule has 0 spiro atoms. The van der Waals surface area contributed by atoms with Crippen LogP contribution in [-0.2, 0) is 14.8 Å². The molecule has 1 amide bonds. The van der Waals surface area contributed by atoms with Crippen molar-refractivity contribution < 1.29 is 17.6 Å². The Hall–Kier alpha value is -2.25. The molecule has 0 aromatic heterocycles. The summed E-state index contributed by atoms with van der Waals surface area (Å²) >= 11 is 0. The maximum atomic E-state index is 13.3. The number of halogens is 1. The molecule has 3 atom stereocenters. The summed E-state index contributed by atoms with van der Waals surface area (Å²) in [6.07, 6.45) is 4.18. The number of amides is 1. The first-order chi connectivity index (χ1) is 14.3. The van der Waals surface area contributed by atoms with Crippen LogP contribution in [0.2, 0.25) is 0 Å². The Morgan fingerprint density at radius 1 is 1.07 bits per heavy atom. The molecule has 2 aromatic rings. The van der Waals surface area contributed by atoms with Crippen LogP contribution in [0.15, 0.2) is 48.5 Å². The van der Waals surface area contributed by atoms with Crippen LogP contribution in [-0.4, -0.2) is 44.6 Å². The van der Waals surface area contributed by atoms with Gasteiger partial charge in [0.25, 0.3) is 0 Å². The Bertz CT molecular complexity index is 1020. The molecule has 0 radical (unpaired) electrons. The second kappa shape index (κ2) is 8.47. The molecule has 160 valence electrons. The molecule has 1 N–H and O–H groups in total. The van der Waals surface area contributed by atoms with Crippen LogP contribution >= 0.6 is 0 Å². The molecule has 3 unspecified atom stereocenters. The van der Waals surface area contributed by atoms with Gasteiger partial charge >= 0.3 is 0 Å². The average Bonchev–Trinajstić information content (AvgIpc) is 3.51. The molecule has 5 nitrogen and oxygen atoms in total. The average molecular weight is 431 g/mol. The molecule has 1 heterocycles. The number of hydrogen-bond acceptors (Lipinski definition) is 3. The van der Waals surface area contributed by atoms with E-state index in [1.54, 1.807) is 12.1 Å². The highest BCUT2D eigenvalue weighted by Gasteiger charge is 2.46. The normalized spacial score (nSPS) is 24.3. The van der Waals surface area contributed by atoms with E-state index in [2.05, 4.69) is 10.8 Å². The van der Waals surface area contributed by atoms with Crippen LogP contribution in [0, 0.1) is 11.7 Å². The van der Waals surface area contributed by atoms with Gasteiger partial charge in [-0.05, 0) is 60.4 Å². The molecule has 4 rings (SSSR count). The van der Waals surface area contributed by atoms with E-state index < -0.39 is 10.0 Å². The van der Waals surface area contributed by atoms with Gasteiger partial charge in [0.15, 0.2) is 0 Å². The molecule has 1 saturated carbocycles. The Morgan fingerprint density at radius 2 is 1.80 bits per heavy atom. The van der Waals surface area contributed by atoms with E-state index in [1.807, 2.05) is 23.1 Å². The van der Waals surface area contributed by atoms with Gasteiger partial charge in [-0.2, -0.15) is 0 Å². The highest BCUT2D eigenvalue weighted by Crippen LogP contribution is 2.51. The summed E-state index contributed by atoms with van der Waals surface area (Å²) in [6, 6.07) is 14.4. The monoisotopic (exact) mass is 430 g/mol. The van der Waals surface area contributed by atoms with Crippen LogP contribution in [0.4, 0.5) is 4.39 Å². The van der Waals surface area contributed by atoms with Crippen molar-refractivity contribution in [2.24, 2.45) is 5.92 Å². The Labute approximate surface area is 177 Å². The third-order valence-electron chi connectivity index (χ3n) is 6.04. The predicted molar refractivity (Wildman–Crippen MR) is 115 cm³/mol. The maximum absolute atomic E-state index is 13.3. The topological polar surface area (TPSA) is 66.5 Å². The van der Waals surface area contributed by atoms with Gasteiger partial charge in [0, 0.05) is 25.0 Å². The smallest absolute Gasteiger partial charge is 0.226 e.